The molecule has 8 heteroatoms. The largest absolute Gasteiger partial charge is 0.444 e. The smallest absolute Gasteiger partial charge is 0.408 e. The maximum Gasteiger partial charge on any atom is 0.408 e. The Morgan fingerprint density at radius 2 is 1.65 bits per heavy atom. The molecule has 210 valence electrons. The summed E-state index contributed by atoms with van der Waals surface area (Å²) < 4.78 is 5.39. The molecule has 3 amide bonds. The number of carbonyl (C=O) groups is 3. The van der Waals surface area contributed by atoms with Crippen molar-refractivity contribution < 1.29 is 19.1 Å². The number of anilines is 1. The zero-order valence-corrected chi connectivity index (χ0v) is 24.7. The number of nitrogens with zero attached hydrogens (tertiary/aromatic N) is 1. The van der Waals surface area contributed by atoms with Gasteiger partial charge in [0, 0.05) is 11.7 Å². The van der Waals surface area contributed by atoms with E-state index < -0.39 is 35.6 Å². The first-order valence-corrected chi connectivity index (χ1v) is 14.5. The van der Waals surface area contributed by atoms with Gasteiger partial charge in [-0.1, -0.05) is 66.1 Å². The SMILES string of the molecule is C#CN(C(=O)C(CCSC)NC(=O)OC(C)(C)C)C(C(=O)Nc1ccc2ccccc2c1)c1cc(C)cc(C)c1. The minimum absolute atomic E-state index is 0.309. The van der Waals surface area contributed by atoms with Crippen molar-refractivity contribution in [1.29, 1.82) is 0 Å². The van der Waals surface area contributed by atoms with Gasteiger partial charge in [0.05, 0.1) is 0 Å². The summed E-state index contributed by atoms with van der Waals surface area (Å²) in [5, 5.41) is 7.62. The predicted octanol–water partition coefficient (Wildman–Crippen LogP) is 6.20. The molecule has 0 fully saturated rings. The van der Waals surface area contributed by atoms with Gasteiger partial charge in [0.15, 0.2) is 0 Å². The summed E-state index contributed by atoms with van der Waals surface area (Å²) in [6, 6.07) is 19.4. The van der Waals surface area contributed by atoms with Crippen LogP contribution in [0, 0.1) is 26.3 Å². The third-order valence-corrected chi connectivity index (χ3v) is 6.70. The van der Waals surface area contributed by atoms with E-state index in [4.69, 9.17) is 11.2 Å². The van der Waals surface area contributed by atoms with Gasteiger partial charge in [-0.05, 0) is 81.5 Å². The number of thioether (sulfide) groups is 1. The topological polar surface area (TPSA) is 87.7 Å². The normalized spacial score (nSPS) is 12.6. The van der Waals surface area contributed by atoms with Crippen LogP contribution in [0.2, 0.25) is 0 Å². The molecule has 0 aromatic heterocycles. The number of nitrogens with one attached hydrogen (secondary N) is 2. The Labute approximate surface area is 241 Å². The first-order chi connectivity index (χ1) is 18.9. The van der Waals surface area contributed by atoms with E-state index >= 15 is 0 Å². The Balaban J connectivity index is 2.00. The van der Waals surface area contributed by atoms with Crippen molar-refractivity contribution in [2.45, 2.75) is 58.7 Å². The second-order valence-corrected chi connectivity index (χ2v) is 11.7. The molecule has 0 saturated heterocycles. The Morgan fingerprint density at radius 1 is 1.00 bits per heavy atom. The van der Waals surface area contributed by atoms with Gasteiger partial charge in [-0.3, -0.25) is 14.5 Å². The lowest BCUT2D eigenvalue weighted by atomic mass is 9.98. The fourth-order valence-electron chi connectivity index (χ4n) is 4.44. The van der Waals surface area contributed by atoms with Crippen molar-refractivity contribution in [2.24, 2.45) is 0 Å². The summed E-state index contributed by atoms with van der Waals surface area (Å²) >= 11 is 1.53. The Morgan fingerprint density at radius 3 is 2.25 bits per heavy atom. The number of amides is 3. The van der Waals surface area contributed by atoms with E-state index in [1.165, 1.54) is 11.8 Å². The Kier molecular flexibility index (Phi) is 10.2. The summed E-state index contributed by atoms with van der Waals surface area (Å²) in [4.78, 5) is 41.5. The highest BCUT2D eigenvalue weighted by Crippen LogP contribution is 2.27. The monoisotopic (exact) mass is 559 g/mol. The standard InChI is InChI=1S/C32H37N3O4S/c1-8-35(30(37)27(15-16-40-7)34-31(38)39-32(4,5)6)28(25-18-21(2)17-22(3)19-25)29(36)33-26-14-13-23-11-9-10-12-24(23)20-26/h1,9-14,17-20,27-28H,15-16H2,2-7H3,(H,33,36)(H,34,38). The molecule has 2 unspecified atom stereocenters. The van der Waals surface area contributed by atoms with Crippen LogP contribution in [0.3, 0.4) is 0 Å². The molecule has 0 spiro atoms. The fourth-order valence-corrected chi connectivity index (χ4v) is 4.91. The molecule has 0 aliphatic rings. The molecule has 0 bridgehead atoms. The minimum Gasteiger partial charge on any atom is -0.444 e. The number of hydrogen-bond donors (Lipinski definition) is 2. The number of terminal acetylenes is 1. The van der Waals surface area contributed by atoms with Gasteiger partial charge in [0.25, 0.3) is 11.8 Å². The van der Waals surface area contributed by atoms with Gasteiger partial charge in [-0.25, -0.2) is 4.79 Å². The molecule has 2 atom stereocenters. The number of hydrogen-bond acceptors (Lipinski definition) is 5. The third-order valence-electron chi connectivity index (χ3n) is 6.06. The summed E-state index contributed by atoms with van der Waals surface area (Å²) in [6.45, 7) is 9.06. The number of aryl methyl sites for hydroxylation is 2. The van der Waals surface area contributed by atoms with Crippen LogP contribution in [0.5, 0.6) is 0 Å². The van der Waals surface area contributed by atoms with E-state index in [1.807, 2.05) is 80.8 Å². The van der Waals surface area contributed by atoms with E-state index in [0.717, 1.165) is 26.8 Å². The van der Waals surface area contributed by atoms with Gasteiger partial charge < -0.3 is 15.4 Å². The average Bonchev–Trinajstić information content (AvgIpc) is 2.87. The van der Waals surface area contributed by atoms with E-state index in [1.54, 1.807) is 20.8 Å². The molecule has 0 saturated carbocycles. The second kappa shape index (κ2) is 13.4. The Bertz CT molecular complexity index is 1400. The number of ether oxygens (including phenoxy) is 1. The molecule has 3 rings (SSSR count). The molecule has 0 radical (unpaired) electrons. The maximum absolute atomic E-state index is 13.9. The van der Waals surface area contributed by atoms with Crippen molar-refractivity contribution in [3.8, 4) is 12.5 Å². The van der Waals surface area contributed by atoms with Crippen LogP contribution in [-0.2, 0) is 14.3 Å². The molecular formula is C32H37N3O4S. The van der Waals surface area contributed by atoms with Crippen LogP contribution >= 0.6 is 11.8 Å². The summed E-state index contributed by atoms with van der Waals surface area (Å²) in [7, 11) is 0. The third kappa shape index (κ3) is 8.27. The number of fused-ring (bicyclic) bond motifs is 1. The van der Waals surface area contributed by atoms with Crippen LogP contribution in [0.4, 0.5) is 10.5 Å². The van der Waals surface area contributed by atoms with Crippen molar-refractivity contribution >= 4 is 46.1 Å². The Hall–Kier alpha value is -3.96. The number of alkyl carbamates (subject to hydrolysis) is 1. The zero-order chi connectivity index (χ0) is 29.4. The van der Waals surface area contributed by atoms with Gasteiger partial charge >= 0.3 is 6.09 Å². The molecule has 3 aromatic rings. The molecule has 0 heterocycles. The summed E-state index contributed by atoms with van der Waals surface area (Å²) in [5.41, 5.74) is 2.25. The van der Waals surface area contributed by atoms with Gasteiger partial charge in [-0.2, -0.15) is 11.8 Å². The lowest BCUT2D eigenvalue weighted by Crippen LogP contribution is -2.51. The molecule has 0 aliphatic carbocycles. The van der Waals surface area contributed by atoms with Crippen LogP contribution in [-0.4, -0.2) is 46.5 Å². The molecule has 40 heavy (non-hydrogen) atoms. The fraction of sp³-hybridized carbons (Fsp3) is 0.344. The first-order valence-electron chi connectivity index (χ1n) is 13.1. The summed E-state index contributed by atoms with van der Waals surface area (Å²) in [5.74, 6) is -0.449. The van der Waals surface area contributed by atoms with E-state index in [9.17, 15) is 14.4 Å². The quantitative estimate of drug-likeness (QED) is 0.241. The molecule has 2 N–H and O–H groups in total. The van der Waals surface area contributed by atoms with Crippen molar-refractivity contribution in [3.05, 3.63) is 77.4 Å². The molecular weight excluding hydrogens is 522 g/mol. The highest BCUT2D eigenvalue weighted by molar-refractivity contribution is 7.98. The van der Waals surface area contributed by atoms with Crippen LogP contribution in [0.1, 0.15) is 49.9 Å². The van der Waals surface area contributed by atoms with Crippen LogP contribution in [0.25, 0.3) is 10.8 Å². The van der Waals surface area contributed by atoms with Crippen molar-refractivity contribution in [1.82, 2.24) is 10.2 Å². The summed E-state index contributed by atoms with van der Waals surface area (Å²) in [6.07, 6.45) is 7.40. The van der Waals surface area contributed by atoms with Gasteiger partial charge in [-0.15, -0.1) is 0 Å². The van der Waals surface area contributed by atoms with E-state index in [0.29, 0.717) is 23.4 Å². The van der Waals surface area contributed by atoms with E-state index in [2.05, 4.69) is 16.7 Å². The van der Waals surface area contributed by atoms with Crippen molar-refractivity contribution in [2.75, 3.05) is 17.3 Å². The highest BCUT2D eigenvalue weighted by atomic mass is 32.2. The zero-order valence-electron chi connectivity index (χ0n) is 23.9. The number of benzene rings is 3. The lowest BCUT2D eigenvalue weighted by molar-refractivity contribution is -0.136. The maximum atomic E-state index is 13.9. The van der Waals surface area contributed by atoms with E-state index in [-0.39, 0.29) is 0 Å². The number of carbonyl (C=O) groups excluding carboxylic acids is 3. The second-order valence-electron chi connectivity index (χ2n) is 10.7. The van der Waals surface area contributed by atoms with Crippen LogP contribution < -0.4 is 10.6 Å². The molecule has 0 aliphatic heterocycles. The molecule has 3 aromatic carbocycles. The van der Waals surface area contributed by atoms with Crippen LogP contribution in [0.15, 0.2) is 60.7 Å². The van der Waals surface area contributed by atoms with Crippen molar-refractivity contribution in [3.63, 3.8) is 0 Å². The van der Waals surface area contributed by atoms with Gasteiger partial charge in [0.2, 0.25) is 0 Å². The lowest BCUT2D eigenvalue weighted by Gasteiger charge is -2.30. The minimum atomic E-state index is -1.14. The average molecular weight is 560 g/mol. The predicted molar refractivity (Wildman–Crippen MR) is 163 cm³/mol. The number of rotatable bonds is 9. The highest BCUT2D eigenvalue weighted by Gasteiger charge is 2.36. The first kappa shape index (κ1) is 30.6. The van der Waals surface area contributed by atoms with Gasteiger partial charge in [0.1, 0.15) is 17.7 Å². The molecule has 7 nitrogen and oxygen atoms in total.